The fraction of sp³-hybridized carbons (Fsp3) is 0.0909. The molecule has 0 amide bonds. The Morgan fingerprint density at radius 2 is 2.37 bits per heavy atom. The summed E-state index contributed by atoms with van der Waals surface area (Å²) in [7, 11) is 1.46. The number of para-hydroxylation sites is 1. The lowest BCUT2D eigenvalue weighted by molar-refractivity contribution is 0.373. The third-order valence-corrected chi connectivity index (χ3v) is 2.20. The number of hydrogen-bond donors (Lipinski definition) is 3. The van der Waals surface area contributed by atoms with Crippen molar-refractivity contribution in [2.75, 3.05) is 12.5 Å². The monoisotopic (exact) mass is 261 g/mol. The second kappa shape index (κ2) is 5.63. The Hall–Kier alpha value is -2.90. The number of aromatic nitrogens is 3. The van der Waals surface area contributed by atoms with Gasteiger partial charge in [-0.05, 0) is 12.1 Å². The van der Waals surface area contributed by atoms with Crippen LogP contribution in [0.15, 0.2) is 34.3 Å². The highest BCUT2D eigenvalue weighted by atomic mass is 16.5. The minimum Gasteiger partial charge on any atom is -0.504 e. The predicted molar refractivity (Wildman–Crippen MR) is 68.5 cm³/mol. The quantitative estimate of drug-likeness (QED) is 0.540. The lowest BCUT2D eigenvalue weighted by Crippen LogP contribution is -2.10. The number of H-pyrrole nitrogens is 1. The van der Waals surface area contributed by atoms with Crippen LogP contribution < -0.4 is 15.7 Å². The highest BCUT2D eigenvalue weighted by Gasteiger charge is 2.04. The number of ether oxygens (including phenoxy) is 1. The van der Waals surface area contributed by atoms with E-state index in [0.717, 1.165) is 6.20 Å². The normalized spacial score (nSPS) is 10.6. The number of nitrogens with one attached hydrogen (secondary N) is 2. The summed E-state index contributed by atoms with van der Waals surface area (Å²) in [5.41, 5.74) is 2.55. The first-order valence-corrected chi connectivity index (χ1v) is 5.28. The minimum absolute atomic E-state index is 0.0248. The smallest absolute Gasteiger partial charge is 0.271 e. The standard InChI is InChI=1S/C11H11N5O3/c1-19-8-4-2-3-7(10(8)18)5-12-15-11-14-9(17)6-13-16-11/h2-6,18H,1H3,(H2,14,15,16,17)/b12-5+. The van der Waals surface area contributed by atoms with Gasteiger partial charge in [-0.15, -0.1) is 10.2 Å². The van der Waals surface area contributed by atoms with E-state index in [1.54, 1.807) is 18.2 Å². The van der Waals surface area contributed by atoms with Gasteiger partial charge in [0.1, 0.15) is 6.20 Å². The molecule has 8 nitrogen and oxygen atoms in total. The highest BCUT2D eigenvalue weighted by molar-refractivity contribution is 5.85. The molecule has 1 aromatic heterocycles. The third kappa shape index (κ3) is 3.06. The number of phenolic OH excluding ortho intramolecular Hbond substituents is 1. The summed E-state index contributed by atoms with van der Waals surface area (Å²) in [5.74, 6) is 0.422. The Morgan fingerprint density at radius 3 is 3.11 bits per heavy atom. The van der Waals surface area contributed by atoms with Crippen LogP contribution in [0.4, 0.5) is 5.95 Å². The van der Waals surface area contributed by atoms with Gasteiger partial charge in [-0.1, -0.05) is 6.07 Å². The fourth-order valence-corrected chi connectivity index (χ4v) is 1.33. The van der Waals surface area contributed by atoms with Gasteiger partial charge in [0, 0.05) is 5.56 Å². The molecule has 1 heterocycles. The van der Waals surface area contributed by atoms with Crippen molar-refractivity contribution < 1.29 is 9.84 Å². The van der Waals surface area contributed by atoms with Crippen LogP contribution in [0.5, 0.6) is 11.5 Å². The van der Waals surface area contributed by atoms with Crippen LogP contribution in [-0.4, -0.2) is 33.6 Å². The molecule has 0 spiro atoms. The van der Waals surface area contributed by atoms with E-state index < -0.39 is 5.56 Å². The number of nitrogens with zero attached hydrogens (tertiary/aromatic N) is 3. The van der Waals surface area contributed by atoms with E-state index in [4.69, 9.17) is 4.74 Å². The molecule has 0 radical (unpaired) electrons. The van der Waals surface area contributed by atoms with Crippen LogP contribution in [0.3, 0.4) is 0 Å². The number of aromatic amines is 1. The topological polar surface area (TPSA) is 112 Å². The van der Waals surface area contributed by atoms with Crippen LogP contribution in [0, 0.1) is 0 Å². The Morgan fingerprint density at radius 1 is 1.53 bits per heavy atom. The molecule has 0 saturated carbocycles. The van der Waals surface area contributed by atoms with Crippen molar-refractivity contribution in [1.82, 2.24) is 15.2 Å². The molecule has 19 heavy (non-hydrogen) atoms. The molecule has 0 atom stereocenters. The first-order valence-electron chi connectivity index (χ1n) is 5.28. The van der Waals surface area contributed by atoms with Gasteiger partial charge in [0.15, 0.2) is 11.5 Å². The zero-order valence-corrected chi connectivity index (χ0v) is 9.99. The molecule has 2 rings (SSSR count). The lowest BCUT2D eigenvalue weighted by atomic mass is 10.2. The number of hydrogen-bond acceptors (Lipinski definition) is 7. The number of rotatable bonds is 4. The van der Waals surface area contributed by atoms with Crippen LogP contribution in [0.1, 0.15) is 5.56 Å². The van der Waals surface area contributed by atoms with Crippen molar-refractivity contribution >= 4 is 12.2 Å². The first kappa shape index (κ1) is 12.6. The Labute approximate surface area is 107 Å². The number of anilines is 1. The fourth-order valence-electron chi connectivity index (χ4n) is 1.33. The molecule has 0 bridgehead atoms. The molecule has 0 unspecified atom stereocenters. The number of methoxy groups -OCH3 is 1. The Balaban J connectivity index is 2.13. The summed E-state index contributed by atoms with van der Waals surface area (Å²) in [6.45, 7) is 0. The summed E-state index contributed by atoms with van der Waals surface area (Å²) in [5, 5.41) is 20.7. The van der Waals surface area contributed by atoms with Gasteiger partial charge in [0.25, 0.3) is 5.56 Å². The van der Waals surface area contributed by atoms with Crippen molar-refractivity contribution in [2.45, 2.75) is 0 Å². The molecule has 1 aromatic carbocycles. The van der Waals surface area contributed by atoms with Crippen LogP contribution in [0.2, 0.25) is 0 Å². The van der Waals surface area contributed by atoms with Crippen molar-refractivity contribution in [2.24, 2.45) is 5.10 Å². The van der Waals surface area contributed by atoms with Crippen molar-refractivity contribution in [3.63, 3.8) is 0 Å². The molecule has 0 saturated heterocycles. The molecule has 3 N–H and O–H groups in total. The minimum atomic E-state index is -0.392. The summed E-state index contributed by atoms with van der Waals surface area (Å²) >= 11 is 0. The largest absolute Gasteiger partial charge is 0.504 e. The van der Waals surface area contributed by atoms with Crippen LogP contribution in [0.25, 0.3) is 0 Å². The van der Waals surface area contributed by atoms with Gasteiger partial charge < -0.3 is 9.84 Å². The molecule has 98 valence electrons. The van der Waals surface area contributed by atoms with Crippen molar-refractivity contribution in [3.8, 4) is 11.5 Å². The maximum Gasteiger partial charge on any atom is 0.271 e. The molecule has 2 aromatic rings. The average Bonchev–Trinajstić information content (AvgIpc) is 2.41. The van der Waals surface area contributed by atoms with Gasteiger partial charge in [-0.2, -0.15) is 5.10 Å². The Kier molecular flexibility index (Phi) is 3.72. The number of hydrazone groups is 1. The van der Waals surface area contributed by atoms with E-state index in [0.29, 0.717) is 11.3 Å². The predicted octanol–water partition coefficient (Wildman–Crippen LogP) is 0.325. The van der Waals surface area contributed by atoms with Gasteiger partial charge in [0.05, 0.1) is 13.3 Å². The van der Waals surface area contributed by atoms with Crippen LogP contribution >= 0.6 is 0 Å². The zero-order valence-electron chi connectivity index (χ0n) is 9.99. The number of phenols is 1. The molecule has 8 heteroatoms. The van der Waals surface area contributed by atoms with E-state index in [9.17, 15) is 9.90 Å². The SMILES string of the molecule is COc1cccc(/C=N/Nc2nncc(=O)[nH]2)c1O. The van der Waals surface area contributed by atoms with Gasteiger partial charge in [-0.3, -0.25) is 9.78 Å². The highest BCUT2D eigenvalue weighted by Crippen LogP contribution is 2.27. The van der Waals surface area contributed by atoms with Crippen LogP contribution in [-0.2, 0) is 0 Å². The van der Waals surface area contributed by atoms with E-state index in [2.05, 4.69) is 25.7 Å². The van der Waals surface area contributed by atoms with Crippen molar-refractivity contribution in [1.29, 1.82) is 0 Å². The second-order valence-corrected chi connectivity index (χ2v) is 3.45. The van der Waals surface area contributed by atoms with Gasteiger partial charge in [-0.25, -0.2) is 5.43 Å². The second-order valence-electron chi connectivity index (χ2n) is 3.45. The summed E-state index contributed by atoms with van der Waals surface area (Å²) in [6, 6.07) is 4.99. The van der Waals surface area contributed by atoms with E-state index in [-0.39, 0.29) is 11.7 Å². The average molecular weight is 261 g/mol. The maximum atomic E-state index is 11.0. The molecular formula is C11H11N5O3. The maximum absolute atomic E-state index is 11.0. The molecular weight excluding hydrogens is 250 g/mol. The summed E-state index contributed by atoms with van der Waals surface area (Å²) < 4.78 is 4.96. The first-order chi connectivity index (χ1) is 9.20. The van der Waals surface area contributed by atoms with Gasteiger partial charge in [0.2, 0.25) is 5.95 Å². The number of aromatic hydroxyl groups is 1. The molecule has 0 aliphatic rings. The molecule has 0 fully saturated rings. The molecule has 0 aliphatic carbocycles. The van der Waals surface area contributed by atoms with Gasteiger partial charge >= 0.3 is 0 Å². The Bertz CT molecular complexity index is 653. The molecule has 0 aliphatic heterocycles. The van der Waals surface area contributed by atoms with Crippen molar-refractivity contribution in [3.05, 3.63) is 40.3 Å². The van der Waals surface area contributed by atoms with E-state index in [1.165, 1.54) is 13.3 Å². The lowest BCUT2D eigenvalue weighted by Gasteiger charge is -2.04. The summed E-state index contributed by atoms with van der Waals surface area (Å²) in [4.78, 5) is 13.3. The number of benzene rings is 1. The van der Waals surface area contributed by atoms with E-state index >= 15 is 0 Å². The summed E-state index contributed by atoms with van der Waals surface area (Å²) in [6.07, 6.45) is 2.41. The zero-order chi connectivity index (χ0) is 13.7. The van der Waals surface area contributed by atoms with E-state index in [1.807, 2.05) is 0 Å². The third-order valence-electron chi connectivity index (χ3n) is 2.20.